The second-order valence-electron chi connectivity index (χ2n) is 4.07. The highest BCUT2D eigenvalue weighted by atomic mass is 32.2. The van der Waals surface area contributed by atoms with Gasteiger partial charge < -0.3 is 5.32 Å². The van der Waals surface area contributed by atoms with Crippen LogP contribution in [0.25, 0.3) is 0 Å². The topological polar surface area (TPSA) is 46.2 Å². The van der Waals surface area contributed by atoms with Crippen LogP contribution in [0.3, 0.4) is 0 Å². The second-order valence-corrected chi connectivity index (χ2v) is 6.30. The molecule has 0 aromatic carbocycles. The van der Waals surface area contributed by atoms with Gasteiger partial charge >= 0.3 is 0 Å². The fourth-order valence-corrected chi connectivity index (χ4v) is 3.57. The van der Waals surface area contributed by atoms with Crippen LogP contribution < -0.4 is 5.32 Å². The van der Waals surface area contributed by atoms with E-state index < -0.39 is 9.84 Å². The van der Waals surface area contributed by atoms with Gasteiger partial charge in [-0.3, -0.25) is 0 Å². The van der Waals surface area contributed by atoms with Gasteiger partial charge in [-0.1, -0.05) is 0 Å². The van der Waals surface area contributed by atoms with E-state index >= 15 is 0 Å². The molecule has 0 bridgehead atoms. The third-order valence-corrected chi connectivity index (χ3v) is 4.67. The molecule has 0 aliphatic carbocycles. The molecule has 72 valence electrons. The van der Waals surface area contributed by atoms with Crippen molar-refractivity contribution in [2.75, 3.05) is 18.6 Å². The van der Waals surface area contributed by atoms with E-state index in [-0.39, 0.29) is 11.5 Å². The summed E-state index contributed by atoms with van der Waals surface area (Å²) in [5.41, 5.74) is -0.0520. The van der Waals surface area contributed by atoms with Gasteiger partial charge in [-0.25, -0.2) is 8.42 Å². The van der Waals surface area contributed by atoms with Crippen LogP contribution in [-0.2, 0) is 9.84 Å². The normalized spacial score (nSPS) is 29.1. The molecule has 1 fully saturated rings. The third-order valence-electron chi connectivity index (χ3n) is 2.90. The van der Waals surface area contributed by atoms with Crippen molar-refractivity contribution >= 4 is 9.84 Å². The van der Waals surface area contributed by atoms with E-state index in [2.05, 4.69) is 19.2 Å². The Morgan fingerprint density at radius 2 is 2.00 bits per heavy atom. The Kier molecular flexibility index (Phi) is 2.50. The minimum absolute atomic E-state index is 0.0520. The fourth-order valence-electron chi connectivity index (χ4n) is 1.57. The number of hydrogen-bond donors (Lipinski definition) is 1. The summed E-state index contributed by atoms with van der Waals surface area (Å²) in [5.74, 6) is 0.983. The van der Waals surface area contributed by atoms with Crippen LogP contribution in [0.4, 0.5) is 0 Å². The molecule has 0 spiro atoms. The minimum Gasteiger partial charge on any atom is -0.315 e. The molecule has 3 nitrogen and oxygen atoms in total. The lowest BCUT2D eigenvalue weighted by Crippen LogP contribution is -2.44. The van der Waals surface area contributed by atoms with Crippen molar-refractivity contribution in [2.24, 2.45) is 5.92 Å². The van der Waals surface area contributed by atoms with Crippen LogP contribution in [0.15, 0.2) is 0 Å². The summed E-state index contributed by atoms with van der Waals surface area (Å²) in [6.07, 6.45) is 0.802. The number of nitrogens with one attached hydrogen (secondary N) is 1. The average molecular weight is 191 g/mol. The molecule has 1 atom stereocenters. The number of sulfone groups is 1. The van der Waals surface area contributed by atoms with Gasteiger partial charge in [0, 0.05) is 5.54 Å². The smallest absolute Gasteiger partial charge is 0.150 e. The minimum atomic E-state index is -2.73. The fraction of sp³-hybridized carbons (Fsp3) is 1.00. The first-order valence-corrected chi connectivity index (χ1v) is 6.09. The van der Waals surface area contributed by atoms with Crippen LogP contribution >= 0.6 is 0 Å². The van der Waals surface area contributed by atoms with Crippen molar-refractivity contribution < 1.29 is 8.42 Å². The molecule has 1 saturated heterocycles. The highest BCUT2D eigenvalue weighted by Gasteiger charge is 2.37. The van der Waals surface area contributed by atoms with Crippen molar-refractivity contribution in [1.29, 1.82) is 0 Å². The summed E-state index contributed by atoms with van der Waals surface area (Å²) in [4.78, 5) is 0. The van der Waals surface area contributed by atoms with Gasteiger partial charge in [-0.2, -0.15) is 0 Å². The molecule has 1 heterocycles. The van der Waals surface area contributed by atoms with Crippen LogP contribution in [0.1, 0.15) is 20.3 Å². The predicted molar refractivity (Wildman–Crippen MR) is 49.9 cm³/mol. The molecule has 1 rings (SSSR count). The maximum Gasteiger partial charge on any atom is 0.150 e. The molecular weight excluding hydrogens is 174 g/mol. The Balaban J connectivity index is 2.70. The van der Waals surface area contributed by atoms with Crippen molar-refractivity contribution in [1.82, 2.24) is 5.32 Å². The molecule has 1 aliphatic rings. The van der Waals surface area contributed by atoms with E-state index in [1.165, 1.54) is 0 Å². The molecule has 1 unspecified atom stereocenters. The maximum absolute atomic E-state index is 11.2. The Bertz CT molecular complexity index is 256. The molecule has 12 heavy (non-hydrogen) atoms. The molecule has 0 aromatic rings. The second kappa shape index (κ2) is 3.00. The van der Waals surface area contributed by atoms with Crippen LogP contribution in [-0.4, -0.2) is 32.5 Å². The van der Waals surface area contributed by atoms with Gasteiger partial charge in [0.25, 0.3) is 0 Å². The van der Waals surface area contributed by atoms with Crippen molar-refractivity contribution in [3.63, 3.8) is 0 Å². The van der Waals surface area contributed by atoms with Gasteiger partial charge in [-0.05, 0) is 33.2 Å². The molecule has 0 saturated carbocycles. The largest absolute Gasteiger partial charge is 0.315 e. The van der Waals surface area contributed by atoms with E-state index in [1.54, 1.807) is 0 Å². The summed E-state index contributed by atoms with van der Waals surface area (Å²) >= 11 is 0. The monoisotopic (exact) mass is 191 g/mol. The first kappa shape index (κ1) is 9.99. The maximum atomic E-state index is 11.2. The SMILES string of the molecule is CNC(C)(C)C1CCS(=O)(=O)C1. The zero-order valence-corrected chi connectivity index (χ0v) is 8.74. The summed E-state index contributed by atoms with van der Waals surface area (Å²) in [5, 5.41) is 3.16. The molecule has 0 amide bonds. The van der Waals surface area contributed by atoms with Gasteiger partial charge in [0.1, 0.15) is 0 Å². The Morgan fingerprint density at radius 3 is 2.33 bits per heavy atom. The van der Waals surface area contributed by atoms with Crippen molar-refractivity contribution in [2.45, 2.75) is 25.8 Å². The third kappa shape index (κ3) is 1.98. The van der Waals surface area contributed by atoms with Gasteiger partial charge in [0.2, 0.25) is 0 Å². The Labute approximate surface area is 74.5 Å². The zero-order chi connectivity index (χ0) is 9.41. The van der Waals surface area contributed by atoms with Crippen LogP contribution in [0.2, 0.25) is 0 Å². The van der Waals surface area contributed by atoms with E-state index in [1.807, 2.05) is 7.05 Å². The lowest BCUT2D eigenvalue weighted by atomic mass is 9.87. The first-order chi connectivity index (χ1) is 5.37. The van der Waals surface area contributed by atoms with Crippen molar-refractivity contribution in [3.8, 4) is 0 Å². The molecule has 1 N–H and O–H groups in total. The Hall–Kier alpha value is -0.0900. The Morgan fingerprint density at radius 1 is 1.42 bits per heavy atom. The molecular formula is C8H17NO2S. The molecule has 0 radical (unpaired) electrons. The van der Waals surface area contributed by atoms with Gasteiger partial charge in [-0.15, -0.1) is 0 Å². The van der Waals surface area contributed by atoms with E-state index in [9.17, 15) is 8.42 Å². The molecule has 4 heteroatoms. The zero-order valence-electron chi connectivity index (χ0n) is 7.92. The first-order valence-electron chi connectivity index (χ1n) is 4.27. The molecule has 1 aliphatic heterocycles. The average Bonchev–Trinajstić information content (AvgIpc) is 2.31. The summed E-state index contributed by atoms with van der Waals surface area (Å²) in [7, 11) is -0.849. The number of hydrogen-bond acceptors (Lipinski definition) is 3. The molecule has 0 aromatic heterocycles. The highest BCUT2D eigenvalue weighted by molar-refractivity contribution is 7.91. The van der Waals surface area contributed by atoms with E-state index in [0.717, 1.165) is 6.42 Å². The van der Waals surface area contributed by atoms with Gasteiger partial charge in [0.15, 0.2) is 9.84 Å². The lowest BCUT2D eigenvalue weighted by Gasteiger charge is -2.30. The summed E-state index contributed by atoms with van der Waals surface area (Å²) in [6.45, 7) is 4.11. The number of rotatable bonds is 2. The van der Waals surface area contributed by atoms with E-state index in [4.69, 9.17) is 0 Å². The predicted octanol–water partition coefficient (Wildman–Crippen LogP) is 0.419. The van der Waals surface area contributed by atoms with Crippen LogP contribution in [0, 0.1) is 5.92 Å². The van der Waals surface area contributed by atoms with Crippen molar-refractivity contribution in [3.05, 3.63) is 0 Å². The van der Waals surface area contributed by atoms with E-state index in [0.29, 0.717) is 11.5 Å². The summed E-state index contributed by atoms with van der Waals surface area (Å²) < 4.78 is 22.4. The quantitative estimate of drug-likeness (QED) is 0.688. The lowest BCUT2D eigenvalue weighted by molar-refractivity contribution is 0.294. The van der Waals surface area contributed by atoms with Crippen LogP contribution in [0.5, 0.6) is 0 Å². The highest BCUT2D eigenvalue weighted by Crippen LogP contribution is 2.28. The summed E-state index contributed by atoms with van der Waals surface area (Å²) in [6, 6.07) is 0. The standard InChI is InChI=1S/C8H17NO2S/c1-8(2,9-3)7-4-5-12(10,11)6-7/h7,9H,4-6H2,1-3H3. The van der Waals surface area contributed by atoms with Gasteiger partial charge in [0.05, 0.1) is 11.5 Å².